The number of carbonyl (C=O) groups excluding carboxylic acids is 5. The summed E-state index contributed by atoms with van der Waals surface area (Å²) in [6.07, 6.45) is 5.79. The Morgan fingerprint density at radius 2 is 1.80 bits per heavy atom. The average Bonchev–Trinajstić information content (AvgIpc) is 3.96. The zero-order valence-corrected chi connectivity index (χ0v) is 43.2. The highest BCUT2D eigenvalue weighted by Crippen LogP contribution is 2.44. The molecule has 380 valence electrons. The van der Waals surface area contributed by atoms with Gasteiger partial charge in [0.05, 0.1) is 23.9 Å². The first-order valence-electron chi connectivity index (χ1n) is 25.6. The second kappa shape index (κ2) is 20.7. The molecule has 4 aromatic rings. The van der Waals surface area contributed by atoms with Gasteiger partial charge in [0.2, 0.25) is 17.7 Å². The third kappa shape index (κ3) is 10.5. The molecular formula is C56H74N8O7. The van der Waals surface area contributed by atoms with Crippen LogP contribution < -0.4 is 10.7 Å². The van der Waals surface area contributed by atoms with Crippen molar-refractivity contribution in [2.24, 2.45) is 17.3 Å². The molecule has 2 aromatic carbocycles. The van der Waals surface area contributed by atoms with E-state index in [1.807, 2.05) is 46.0 Å². The van der Waals surface area contributed by atoms with E-state index in [1.54, 1.807) is 11.9 Å². The number of carbonyl (C=O) groups is 5. The third-order valence-electron chi connectivity index (χ3n) is 15.4. The van der Waals surface area contributed by atoms with Gasteiger partial charge in [0.15, 0.2) is 0 Å². The Kier molecular flexibility index (Phi) is 15.0. The Hall–Kier alpha value is -5.90. The summed E-state index contributed by atoms with van der Waals surface area (Å²) in [6, 6.07) is 14.0. The van der Waals surface area contributed by atoms with Crippen LogP contribution in [0.2, 0.25) is 0 Å². The molecule has 4 aliphatic heterocycles. The third-order valence-corrected chi connectivity index (χ3v) is 15.4. The van der Waals surface area contributed by atoms with Crippen LogP contribution in [0.15, 0.2) is 67.4 Å². The number of rotatable bonds is 11. The maximum atomic E-state index is 14.8. The first-order chi connectivity index (χ1) is 33.7. The fraction of sp³-hybridized carbons (Fsp3) is 0.536. The van der Waals surface area contributed by atoms with Crippen molar-refractivity contribution in [3.05, 3.63) is 89.8 Å². The summed E-state index contributed by atoms with van der Waals surface area (Å²) in [7, 11) is 3.73. The summed E-state index contributed by atoms with van der Waals surface area (Å²) in [6.45, 7) is 21.1. The molecule has 8 rings (SSSR count). The topological polar surface area (TPSA) is 170 Å². The van der Waals surface area contributed by atoms with Crippen LogP contribution in [0.1, 0.15) is 102 Å². The van der Waals surface area contributed by atoms with E-state index >= 15 is 0 Å². The molecule has 15 nitrogen and oxygen atoms in total. The number of aromatic nitrogens is 2. The first kappa shape index (κ1) is 51.5. The molecule has 1 unspecified atom stereocenters. The van der Waals surface area contributed by atoms with E-state index in [-0.39, 0.29) is 37.3 Å². The standard InChI is InChI=1S/C56H74N8O7/c1-11-47(65)62-23-21-38(32-62)52(67)61(10)48(34(4)5)51(66)58-45-25-35-16-14-17-36(24-35)37-19-20-46-41(26-37)43(28-55(6,7)33-71-54(69)44-18-15-22-64(59-44)53(45)68)49(63(46)13-3)42-27-39(40-30-60(9)31-40)29-57-50(42)56(8,70)12-2/h11,14,16-17,19-20,24,26-27,29,34,38,40,44-45,48,59,70H,1,12-13,15,18,21-23,25,28,30-33H2,2-10H3,(H,58,66)/t38?,44-,45-,48-,56-/m0/s1. The van der Waals surface area contributed by atoms with Crippen molar-refractivity contribution in [3.63, 3.8) is 0 Å². The van der Waals surface area contributed by atoms with E-state index in [9.17, 15) is 29.1 Å². The number of likely N-dealkylation sites (N-methyl/N-ethyl adjacent to an activating group) is 2. The number of fused-ring (bicyclic) bond motifs is 6. The largest absolute Gasteiger partial charge is 0.464 e. The fourth-order valence-corrected chi connectivity index (χ4v) is 11.2. The predicted octanol–water partition coefficient (Wildman–Crippen LogP) is 6.20. The Morgan fingerprint density at radius 1 is 1.06 bits per heavy atom. The first-order valence-corrected chi connectivity index (χ1v) is 25.6. The van der Waals surface area contributed by atoms with Crippen LogP contribution in [0.5, 0.6) is 0 Å². The number of amides is 4. The lowest BCUT2D eigenvalue weighted by atomic mass is 9.82. The molecule has 4 aliphatic rings. The summed E-state index contributed by atoms with van der Waals surface area (Å²) < 4.78 is 8.53. The predicted molar refractivity (Wildman–Crippen MR) is 275 cm³/mol. The van der Waals surface area contributed by atoms with Gasteiger partial charge in [0.25, 0.3) is 5.91 Å². The number of hydrogen-bond acceptors (Lipinski definition) is 10. The van der Waals surface area contributed by atoms with Crippen molar-refractivity contribution in [1.82, 2.24) is 40.0 Å². The number of cyclic esters (lactones) is 1. The monoisotopic (exact) mass is 971 g/mol. The number of pyridine rings is 1. The minimum Gasteiger partial charge on any atom is -0.464 e. The van der Waals surface area contributed by atoms with E-state index in [0.717, 1.165) is 63.1 Å². The minimum atomic E-state index is -1.20. The van der Waals surface area contributed by atoms with E-state index in [0.29, 0.717) is 63.4 Å². The number of esters is 1. The van der Waals surface area contributed by atoms with Crippen molar-refractivity contribution in [2.45, 2.75) is 123 Å². The second-order valence-electron chi connectivity index (χ2n) is 21.9. The van der Waals surface area contributed by atoms with Crippen molar-refractivity contribution < 1.29 is 33.8 Å². The quantitative estimate of drug-likeness (QED) is 0.116. The summed E-state index contributed by atoms with van der Waals surface area (Å²) in [5.74, 6) is -2.29. The summed E-state index contributed by atoms with van der Waals surface area (Å²) in [4.78, 5) is 80.2. The Bertz CT molecular complexity index is 2700. The maximum absolute atomic E-state index is 14.8. The lowest BCUT2D eigenvalue weighted by Gasteiger charge is -2.37. The smallest absolute Gasteiger partial charge is 0.324 e. The van der Waals surface area contributed by atoms with Crippen LogP contribution in [0.25, 0.3) is 33.3 Å². The molecule has 4 amide bonds. The number of ether oxygens (including phenoxy) is 1. The van der Waals surface area contributed by atoms with Crippen LogP contribution in [0, 0.1) is 17.3 Å². The molecule has 6 bridgehead atoms. The lowest BCUT2D eigenvalue weighted by Crippen LogP contribution is -2.62. The number of benzene rings is 2. The minimum absolute atomic E-state index is 0.106. The Balaban J connectivity index is 1.21. The number of hydrogen-bond donors (Lipinski definition) is 3. The molecule has 0 radical (unpaired) electrons. The molecule has 5 atom stereocenters. The molecule has 2 aromatic heterocycles. The Labute approximate surface area is 418 Å². The van der Waals surface area contributed by atoms with Crippen LogP contribution in [0.4, 0.5) is 0 Å². The van der Waals surface area contributed by atoms with Gasteiger partial charge in [-0.15, -0.1) is 0 Å². The van der Waals surface area contributed by atoms with Gasteiger partial charge in [-0.1, -0.05) is 71.5 Å². The van der Waals surface area contributed by atoms with Gasteiger partial charge in [0.1, 0.15) is 23.7 Å². The molecule has 3 saturated heterocycles. The van der Waals surface area contributed by atoms with Crippen LogP contribution >= 0.6 is 0 Å². The molecule has 3 N–H and O–H groups in total. The fourth-order valence-electron chi connectivity index (χ4n) is 11.2. The van der Waals surface area contributed by atoms with Gasteiger partial charge in [0, 0.05) is 86.7 Å². The van der Waals surface area contributed by atoms with Gasteiger partial charge in [-0.25, -0.2) is 5.43 Å². The molecule has 0 spiro atoms. The van der Waals surface area contributed by atoms with E-state index in [2.05, 4.69) is 91.0 Å². The highest BCUT2D eigenvalue weighted by atomic mass is 16.5. The number of hydrazine groups is 1. The van der Waals surface area contributed by atoms with Crippen LogP contribution in [0.3, 0.4) is 0 Å². The van der Waals surface area contributed by atoms with Gasteiger partial charge in [-0.3, -0.25) is 34.0 Å². The van der Waals surface area contributed by atoms with Gasteiger partial charge in [-0.2, -0.15) is 0 Å². The zero-order chi connectivity index (χ0) is 51.1. The van der Waals surface area contributed by atoms with Crippen molar-refractivity contribution >= 4 is 40.5 Å². The van der Waals surface area contributed by atoms with Crippen LogP contribution in [-0.4, -0.2) is 136 Å². The normalized spacial score (nSPS) is 22.3. The number of aliphatic hydroxyl groups is 1. The second-order valence-corrected chi connectivity index (χ2v) is 21.9. The van der Waals surface area contributed by atoms with Gasteiger partial charge < -0.3 is 34.4 Å². The van der Waals surface area contributed by atoms with Gasteiger partial charge in [-0.05, 0) is 111 Å². The van der Waals surface area contributed by atoms with Gasteiger partial charge >= 0.3 is 5.97 Å². The molecule has 71 heavy (non-hydrogen) atoms. The Morgan fingerprint density at radius 3 is 2.49 bits per heavy atom. The van der Waals surface area contributed by atoms with Crippen molar-refractivity contribution in [1.29, 1.82) is 0 Å². The number of likely N-dealkylation sites (tertiary alicyclic amines) is 2. The molecule has 0 saturated carbocycles. The molecule has 15 heteroatoms. The van der Waals surface area contributed by atoms with E-state index in [1.165, 1.54) is 16.0 Å². The lowest BCUT2D eigenvalue weighted by molar-refractivity contribution is -0.155. The summed E-state index contributed by atoms with van der Waals surface area (Å²) in [5.41, 5.74) is 9.90. The number of nitrogens with one attached hydrogen (secondary N) is 2. The summed E-state index contributed by atoms with van der Waals surface area (Å²) >= 11 is 0. The molecule has 6 heterocycles. The SMILES string of the molecule is C=CC(=O)N1CCC(C(=O)N(C)[C@H](C(=O)N[C@H]2Cc3cccc(c3)-c3ccc4c(c3)c(c(-c3cc(C5CN(C)C5)cnc3[C@@](C)(O)CC)n4CC)CC(C)(C)COC(=O)[C@@H]3CCCN(N3)C2=O)C(C)C)C1. The number of nitrogens with zero attached hydrogens (tertiary/aromatic N) is 6. The van der Waals surface area contributed by atoms with Crippen LogP contribution in [-0.2, 0) is 53.7 Å². The van der Waals surface area contributed by atoms with E-state index in [4.69, 9.17) is 9.72 Å². The zero-order valence-electron chi connectivity index (χ0n) is 43.2. The number of aryl methyl sites for hydroxylation is 1. The van der Waals surface area contributed by atoms with E-state index < -0.39 is 52.8 Å². The maximum Gasteiger partial charge on any atom is 0.324 e. The molecule has 0 aliphatic carbocycles. The average molecular weight is 971 g/mol. The van der Waals surface area contributed by atoms with Crippen molar-refractivity contribution in [2.75, 3.05) is 53.4 Å². The highest BCUT2D eigenvalue weighted by molar-refractivity contribution is 5.96. The highest BCUT2D eigenvalue weighted by Gasteiger charge is 2.41. The molecular weight excluding hydrogens is 897 g/mol. The van der Waals surface area contributed by atoms with Crippen molar-refractivity contribution in [3.8, 4) is 22.4 Å². The summed E-state index contributed by atoms with van der Waals surface area (Å²) in [5, 5.41) is 17.6. The molecule has 3 fully saturated rings.